The number of thiophene rings is 1. The van der Waals surface area contributed by atoms with Crippen molar-refractivity contribution in [1.29, 1.82) is 0 Å². The van der Waals surface area contributed by atoms with Gasteiger partial charge in [-0.15, -0.1) is 11.3 Å². The van der Waals surface area contributed by atoms with Crippen LogP contribution in [0.25, 0.3) is 10.1 Å². The van der Waals surface area contributed by atoms with E-state index >= 15 is 0 Å². The van der Waals surface area contributed by atoms with Crippen molar-refractivity contribution in [3.05, 3.63) is 22.2 Å². The van der Waals surface area contributed by atoms with Crippen LogP contribution in [0.2, 0.25) is 0 Å². The summed E-state index contributed by atoms with van der Waals surface area (Å²) in [7, 11) is 0. The molecule has 0 fully saturated rings. The van der Waals surface area contributed by atoms with Crippen LogP contribution in [0.4, 0.5) is 5.69 Å². The number of hydrogen-bond acceptors (Lipinski definition) is 3. The molecule has 2 nitrogen and oxygen atoms in total. The molecule has 2 aromatic rings. The summed E-state index contributed by atoms with van der Waals surface area (Å²) < 4.78 is 2.19. The average Bonchev–Trinajstić information content (AvgIpc) is 2.31. The molecule has 0 atom stereocenters. The summed E-state index contributed by atoms with van der Waals surface area (Å²) in [6, 6.07) is 2.02. The summed E-state index contributed by atoms with van der Waals surface area (Å²) in [6.07, 6.45) is 3.48. The van der Waals surface area contributed by atoms with E-state index in [9.17, 15) is 0 Å². The Kier molecular flexibility index (Phi) is 1.58. The van der Waals surface area contributed by atoms with Crippen LogP contribution in [0.1, 0.15) is 0 Å². The van der Waals surface area contributed by atoms with Crippen molar-refractivity contribution in [3.63, 3.8) is 0 Å². The van der Waals surface area contributed by atoms with Gasteiger partial charge in [0.15, 0.2) is 0 Å². The standard InChI is InChI=1S/C7H5BrN2S/c8-6-1-4-2-10-3-5(9)7(4)11-6/h1-3H,9H2. The number of pyridine rings is 1. The number of aromatic nitrogens is 1. The quantitative estimate of drug-likeness (QED) is 0.754. The first-order chi connectivity index (χ1) is 5.27. The van der Waals surface area contributed by atoms with Crippen molar-refractivity contribution < 1.29 is 0 Å². The predicted octanol–water partition coefficient (Wildman–Crippen LogP) is 2.64. The highest BCUT2D eigenvalue weighted by molar-refractivity contribution is 9.11. The fourth-order valence-corrected chi connectivity index (χ4v) is 2.46. The van der Waals surface area contributed by atoms with Gasteiger partial charge in [0, 0.05) is 11.6 Å². The number of nitrogen functional groups attached to an aromatic ring is 1. The topological polar surface area (TPSA) is 38.9 Å². The van der Waals surface area contributed by atoms with E-state index in [1.807, 2.05) is 12.3 Å². The molecule has 0 spiro atoms. The van der Waals surface area contributed by atoms with Gasteiger partial charge in [0.25, 0.3) is 0 Å². The number of nitrogens with two attached hydrogens (primary N) is 1. The molecule has 11 heavy (non-hydrogen) atoms. The second-order valence-electron chi connectivity index (χ2n) is 2.20. The van der Waals surface area contributed by atoms with Crippen LogP contribution in [-0.2, 0) is 0 Å². The molecular formula is C7H5BrN2S. The molecule has 2 aromatic heterocycles. The summed E-state index contributed by atoms with van der Waals surface area (Å²) in [5.74, 6) is 0. The van der Waals surface area contributed by atoms with Crippen molar-refractivity contribution in [1.82, 2.24) is 4.98 Å². The second kappa shape index (κ2) is 2.46. The van der Waals surface area contributed by atoms with Gasteiger partial charge in [-0.1, -0.05) is 0 Å². The predicted molar refractivity (Wildman–Crippen MR) is 51.7 cm³/mol. The lowest BCUT2D eigenvalue weighted by molar-refractivity contribution is 1.37. The van der Waals surface area contributed by atoms with E-state index < -0.39 is 0 Å². The van der Waals surface area contributed by atoms with Crippen LogP contribution in [0, 0.1) is 0 Å². The normalized spacial score (nSPS) is 10.6. The first-order valence-corrected chi connectivity index (χ1v) is 4.67. The lowest BCUT2D eigenvalue weighted by Gasteiger charge is -1.91. The van der Waals surface area contributed by atoms with E-state index in [0.29, 0.717) is 0 Å². The average molecular weight is 229 g/mol. The minimum absolute atomic E-state index is 0.748. The van der Waals surface area contributed by atoms with Gasteiger partial charge < -0.3 is 5.73 Å². The van der Waals surface area contributed by atoms with E-state index in [4.69, 9.17) is 5.73 Å². The molecule has 0 bridgehead atoms. The van der Waals surface area contributed by atoms with Gasteiger partial charge >= 0.3 is 0 Å². The van der Waals surface area contributed by atoms with Crippen LogP contribution < -0.4 is 5.73 Å². The Bertz CT molecular complexity index is 396. The maximum absolute atomic E-state index is 5.70. The van der Waals surface area contributed by atoms with Crippen molar-refractivity contribution in [3.8, 4) is 0 Å². The summed E-state index contributed by atoms with van der Waals surface area (Å²) in [6.45, 7) is 0. The first kappa shape index (κ1) is 7.06. The zero-order valence-electron chi connectivity index (χ0n) is 5.54. The van der Waals surface area contributed by atoms with Crippen molar-refractivity contribution >= 4 is 43.0 Å². The van der Waals surface area contributed by atoms with Gasteiger partial charge in [0.1, 0.15) is 0 Å². The molecule has 0 saturated carbocycles. The number of rotatable bonds is 0. The third-order valence-electron chi connectivity index (χ3n) is 1.42. The van der Waals surface area contributed by atoms with E-state index in [2.05, 4.69) is 20.9 Å². The smallest absolute Gasteiger partial charge is 0.0712 e. The fourth-order valence-electron chi connectivity index (χ4n) is 0.952. The Morgan fingerprint density at radius 3 is 3.00 bits per heavy atom. The Morgan fingerprint density at radius 1 is 1.45 bits per heavy atom. The second-order valence-corrected chi connectivity index (χ2v) is 4.63. The third kappa shape index (κ3) is 1.12. The molecule has 0 saturated heterocycles. The molecule has 0 aliphatic heterocycles. The molecule has 0 aromatic carbocycles. The molecule has 0 aliphatic carbocycles. The third-order valence-corrected chi connectivity index (χ3v) is 3.12. The van der Waals surface area contributed by atoms with Gasteiger partial charge in [-0.25, -0.2) is 0 Å². The first-order valence-electron chi connectivity index (χ1n) is 3.06. The highest BCUT2D eigenvalue weighted by Crippen LogP contribution is 2.32. The number of fused-ring (bicyclic) bond motifs is 1. The monoisotopic (exact) mass is 228 g/mol. The van der Waals surface area contributed by atoms with Crippen molar-refractivity contribution in [2.45, 2.75) is 0 Å². The molecule has 0 amide bonds. The van der Waals surface area contributed by atoms with E-state index in [1.165, 1.54) is 0 Å². The Morgan fingerprint density at radius 2 is 2.27 bits per heavy atom. The van der Waals surface area contributed by atoms with Crippen LogP contribution in [-0.4, -0.2) is 4.98 Å². The van der Waals surface area contributed by atoms with Crippen LogP contribution in [0.3, 0.4) is 0 Å². The molecular weight excluding hydrogens is 224 g/mol. The molecule has 0 unspecified atom stereocenters. The van der Waals surface area contributed by atoms with Crippen molar-refractivity contribution in [2.75, 3.05) is 5.73 Å². The van der Waals surface area contributed by atoms with E-state index in [1.54, 1.807) is 17.5 Å². The largest absolute Gasteiger partial charge is 0.396 e. The molecule has 0 aliphatic rings. The van der Waals surface area contributed by atoms with Crippen LogP contribution in [0.15, 0.2) is 22.2 Å². The maximum atomic E-state index is 5.70. The minimum atomic E-state index is 0.748. The van der Waals surface area contributed by atoms with Gasteiger partial charge in [-0.05, 0) is 22.0 Å². The molecule has 2 rings (SSSR count). The Hall–Kier alpha value is -0.610. The maximum Gasteiger partial charge on any atom is 0.0712 e. The summed E-state index contributed by atoms with van der Waals surface area (Å²) in [4.78, 5) is 3.99. The molecule has 2 N–H and O–H groups in total. The van der Waals surface area contributed by atoms with Gasteiger partial charge in [0.2, 0.25) is 0 Å². The number of nitrogens with zero attached hydrogens (tertiary/aromatic N) is 1. The van der Waals surface area contributed by atoms with Gasteiger partial charge in [0.05, 0.1) is 20.4 Å². The summed E-state index contributed by atoms with van der Waals surface area (Å²) in [5, 5.41) is 1.10. The Labute approximate surface area is 76.2 Å². The Balaban J connectivity index is 2.90. The SMILES string of the molecule is Nc1cncc2cc(Br)sc12. The van der Waals surface area contributed by atoms with Crippen molar-refractivity contribution in [2.24, 2.45) is 0 Å². The molecule has 2 heterocycles. The fraction of sp³-hybridized carbons (Fsp3) is 0. The number of halogens is 1. The summed E-state index contributed by atoms with van der Waals surface area (Å²) >= 11 is 5.02. The zero-order valence-corrected chi connectivity index (χ0v) is 7.95. The van der Waals surface area contributed by atoms with E-state index in [0.717, 1.165) is 19.6 Å². The highest BCUT2D eigenvalue weighted by atomic mass is 79.9. The molecule has 0 radical (unpaired) electrons. The number of anilines is 1. The molecule has 56 valence electrons. The zero-order chi connectivity index (χ0) is 7.84. The minimum Gasteiger partial charge on any atom is -0.396 e. The molecule has 4 heteroatoms. The van der Waals surface area contributed by atoms with E-state index in [-0.39, 0.29) is 0 Å². The van der Waals surface area contributed by atoms with Crippen LogP contribution >= 0.6 is 27.3 Å². The van der Waals surface area contributed by atoms with Gasteiger partial charge in [-0.2, -0.15) is 0 Å². The summed E-state index contributed by atoms with van der Waals surface area (Å²) in [5.41, 5.74) is 6.44. The van der Waals surface area contributed by atoms with Gasteiger partial charge in [-0.3, -0.25) is 4.98 Å². The number of hydrogen-bond donors (Lipinski definition) is 1. The lowest BCUT2D eigenvalue weighted by atomic mass is 10.3. The lowest BCUT2D eigenvalue weighted by Crippen LogP contribution is -1.84. The van der Waals surface area contributed by atoms with Crippen LogP contribution in [0.5, 0.6) is 0 Å². The highest BCUT2D eigenvalue weighted by Gasteiger charge is 2.01.